The summed E-state index contributed by atoms with van der Waals surface area (Å²) in [6.45, 7) is 0.542. The second-order valence-corrected chi connectivity index (χ2v) is 3.11. The van der Waals surface area contributed by atoms with Gasteiger partial charge in [0.2, 0.25) is 0 Å². The van der Waals surface area contributed by atoms with Gasteiger partial charge in [0.1, 0.15) is 0 Å². The fourth-order valence-corrected chi connectivity index (χ4v) is 0.942. The molecule has 0 aliphatic rings. The monoisotopic (exact) mass is 230 g/mol. The third-order valence-electron chi connectivity index (χ3n) is 1.83. The summed E-state index contributed by atoms with van der Waals surface area (Å²) in [5, 5.41) is 2.75. The van der Waals surface area contributed by atoms with Crippen molar-refractivity contribution in [2.24, 2.45) is 0 Å². The van der Waals surface area contributed by atoms with Crippen LogP contribution in [0.4, 0.5) is 17.6 Å². The number of amides is 1. The molecule has 90 valence electrons. The molecule has 0 aliphatic carbocycles. The number of rotatable bonds is 6. The van der Waals surface area contributed by atoms with Crippen LogP contribution < -0.4 is 5.32 Å². The summed E-state index contributed by atoms with van der Waals surface area (Å²) in [7, 11) is 2.74. The van der Waals surface area contributed by atoms with E-state index in [0.717, 1.165) is 7.05 Å². The van der Waals surface area contributed by atoms with E-state index in [1.807, 2.05) is 0 Å². The minimum absolute atomic E-state index is 0.0159. The molecule has 7 heteroatoms. The van der Waals surface area contributed by atoms with Crippen molar-refractivity contribution in [1.82, 2.24) is 10.2 Å². The molecule has 0 fully saturated rings. The van der Waals surface area contributed by atoms with Gasteiger partial charge in [-0.1, -0.05) is 0 Å². The van der Waals surface area contributed by atoms with Gasteiger partial charge in [-0.15, -0.1) is 0 Å². The molecule has 0 heterocycles. The zero-order valence-electron chi connectivity index (χ0n) is 8.57. The SMILES string of the molecule is CNCCCN(C)C(=O)C(F)(F)C(F)F. The van der Waals surface area contributed by atoms with E-state index in [9.17, 15) is 22.4 Å². The van der Waals surface area contributed by atoms with Gasteiger partial charge in [-0.25, -0.2) is 8.78 Å². The van der Waals surface area contributed by atoms with Crippen LogP contribution in [0.25, 0.3) is 0 Å². The topological polar surface area (TPSA) is 32.3 Å². The van der Waals surface area contributed by atoms with Crippen LogP contribution in [0, 0.1) is 0 Å². The van der Waals surface area contributed by atoms with Crippen LogP contribution in [-0.2, 0) is 4.79 Å². The maximum Gasteiger partial charge on any atom is 0.383 e. The molecule has 0 bridgehead atoms. The second-order valence-electron chi connectivity index (χ2n) is 3.11. The Balaban J connectivity index is 4.19. The summed E-state index contributed by atoms with van der Waals surface area (Å²) >= 11 is 0. The molecule has 15 heavy (non-hydrogen) atoms. The van der Waals surface area contributed by atoms with E-state index in [0.29, 0.717) is 17.9 Å². The Morgan fingerprint density at radius 1 is 1.47 bits per heavy atom. The van der Waals surface area contributed by atoms with E-state index < -0.39 is 18.3 Å². The van der Waals surface area contributed by atoms with Gasteiger partial charge in [0.15, 0.2) is 0 Å². The van der Waals surface area contributed by atoms with Gasteiger partial charge >= 0.3 is 12.3 Å². The predicted molar refractivity (Wildman–Crippen MR) is 47.1 cm³/mol. The molecule has 0 atom stereocenters. The summed E-state index contributed by atoms with van der Waals surface area (Å²) in [6.07, 6.45) is -3.53. The van der Waals surface area contributed by atoms with Gasteiger partial charge in [0.25, 0.3) is 5.91 Å². The number of hydrogen-bond acceptors (Lipinski definition) is 2. The number of carbonyl (C=O) groups is 1. The van der Waals surface area contributed by atoms with Crippen LogP contribution in [0.1, 0.15) is 6.42 Å². The second kappa shape index (κ2) is 5.89. The van der Waals surface area contributed by atoms with E-state index in [1.165, 1.54) is 0 Å². The lowest BCUT2D eigenvalue weighted by molar-refractivity contribution is -0.179. The van der Waals surface area contributed by atoms with Gasteiger partial charge in [-0.05, 0) is 20.0 Å². The molecule has 0 rings (SSSR count). The van der Waals surface area contributed by atoms with Crippen molar-refractivity contribution in [3.63, 3.8) is 0 Å². The van der Waals surface area contributed by atoms with Gasteiger partial charge < -0.3 is 10.2 Å². The van der Waals surface area contributed by atoms with E-state index in [2.05, 4.69) is 5.32 Å². The quantitative estimate of drug-likeness (QED) is 0.544. The Bertz CT molecular complexity index is 211. The molecule has 0 saturated carbocycles. The number of halogens is 4. The van der Waals surface area contributed by atoms with Crippen LogP contribution in [0.3, 0.4) is 0 Å². The van der Waals surface area contributed by atoms with Crippen molar-refractivity contribution in [2.75, 3.05) is 27.2 Å². The van der Waals surface area contributed by atoms with Crippen molar-refractivity contribution in [1.29, 1.82) is 0 Å². The van der Waals surface area contributed by atoms with Gasteiger partial charge in [0.05, 0.1) is 0 Å². The minimum atomic E-state index is -4.59. The lowest BCUT2D eigenvalue weighted by atomic mass is 10.3. The Hall–Kier alpha value is -0.850. The van der Waals surface area contributed by atoms with Crippen molar-refractivity contribution < 1.29 is 22.4 Å². The highest BCUT2D eigenvalue weighted by atomic mass is 19.3. The number of nitrogens with zero attached hydrogens (tertiary/aromatic N) is 1. The first-order chi connectivity index (χ1) is 6.84. The molecular formula is C8H14F4N2O. The Kier molecular flexibility index (Phi) is 5.56. The molecule has 0 radical (unpaired) electrons. The molecule has 0 aliphatic heterocycles. The minimum Gasteiger partial charge on any atom is -0.340 e. The van der Waals surface area contributed by atoms with Gasteiger partial charge in [-0.3, -0.25) is 4.79 Å². The first-order valence-electron chi connectivity index (χ1n) is 4.40. The molecular weight excluding hydrogens is 216 g/mol. The highest BCUT2D eigenvalue weighted by Gasteiger charge is 2.50. The third kappa shape index (κ3) is 4.03. The maximum atomic E-state index is 12.5. The first kappa shape index (κ1) is 14.2. The van der Waals surface area contributed by atoms with Crippen LogP contribution in [0.5, 0.6) is 0 Å². The normalized spacial score (nSPS) is 11.9. The smallest absolute Gasteiger partial charge is 0.340 e. The third-order valence-corrected chi connectivity index (χ3v) is 1.83. The molecule has 0 aromatic rings. The zero-order valence-corrected chi connectivity index (χ0v) is 8.57. The average Bonchev–Trinajstić information content (AvgIpc) is 2.16. The Labute approximate surface area is 85.4 Å². The maximum absolute atomic E-state index is 12.5. The van der Waals surface area contributed by atoms with Crippen LogP contribution in [-0.4, -0.2) is 50.3 Å². The van der Waals surface area contributed by atoms with E-state index in [4.69, 9.17) is 0 Å². The summed E-state index contributed by atoms with van der Waals surface area (Å²) in [6, 6.07) is 0. The highest BCUT2D eigenvalue weighted by Crippen LogP contribution is 2.24. The number of carbonyl (C=O) groups excluding carboxylic acids is 1. The fraction of sp³-hybridized carbons (Fsp3) is 0.875. The summed E-state index contributed by atoms with van der Waals surface area (Å²) in [5.74, 6) is -6.43. The molecule has 1 amide bonds. The van der Waals surface area contributed by atoms with E-state index in [-0.39, 0.29) is 6.54 Å². The highest BCUT2D eigenvalue weighted by molar-refractivity contribution is 5.83. The summed E-state index contributed by atoms with van der Waals surface area (Å²) in [4.78, 5) is 11.5. The molecule has 0 spiro atoms. The van der Waals surface area contributed by atoms with Crippen LogP contribution in [0.15, 0.2) is 0 Å². The summed E-state index contributed by atoms with van der Waals surface area (Å²) in [5.41, 5.74) is 0. The van der Waals surface area contributed by atoms with Crippen molar-refractivity contribution in [3.8, 4) is 0 Å². The molecule has 1 N–H and O–H groups in total. The van der Waals surface area contributed by atoms with Gasteiger partial charge in [0, 0.05) is 13.6 Å². The van der Waals surface area contributed by atoms with E-state index in [1.54, 1.807) is 7.05 Å². The number of alkyl halides is 4. The standard InChI is InChI=1S/C8H14F4N2O/c1-13-4-3-5-14(2)7(15)8(11,12)6(9)10/h6,13H,3-5H2,1-2H3. The molecule has 0 unspecified atom stereocenters. The zero-order chi connectivity index (χ0) is 12.1. The average molecular weight is 230 g/mol. The summed E-state index contributed by atoms with van der Waals surface area (Å²) < 4.78 is 48.7. The molecule has 0 aromatic heterocycles. The number of nitrogens with one attached hydrogen (secondary N) is 1. The number of hydrogen-bond donors (Lipinski definition) is 1. The molecule has 3 nitrogen and oxygen atoms in total. The molecule has 0 saturated heterocycles. The lowest BCUT2D eigenvalue weighted by Gasteiger charge is -2.22. The fourth-order valence-electron chi connectivity index (χ4n) is 0.942. The molecule has 0 aromatic carbocycles. The van der Waals surface area contributed by atoms with E-state index >= 15 is 0 Å². The van der Waals surface area contributed by atoms with Gasteiger partial charge in [-0.2, -0.15) is 8.78 Å². The van der Waals surface area contributed by atoms with Crippen LogP contribution in [0.2, 0.25) is 0 Å². The predicted octanol–water partition coefficient (Wildman–Crippen LogP) is 0.955. The Morgan fingerprint density at radius 2 is 2.00 bits per heavy atom. The Morgan fingerprint density at radius 3 is 2.40 bits per heavy atom. The largest absolute Gasteiger partial charge is 0.383 e. The first-order valence-corrected chi connectivity index (χ1v) is 4.40. The van der Waals surface area contributed by atoms with Crippen LogP contribution >= 0.6 is 0 Å². The van der Waals surface area contributed by atoms with Crippen molar-refractivity contribution in [3.05, 3.63) is 0 Å². The van der Waals surface area contributed by atoms with Crippen molar-refractivity contribution >= 4 is 5.91 Å². The van der Waals surface area contributed by atoms with Crippen molar-refractivity contribution in [2.45, 2.75) is 18.8 Å². The lowest BCUT2D eigenvalue weighted by Crippen LogP contribution is -2.46.